The van der Waals surface area contributed by atoms with Gasteiger partial charge >= 0.3 is 0 Å². The summed E-state index contributed by atoms with van der Waals surface area (Å²) in [6.45, 7) is 5.48. The van der Waals surface area contributed by atoms with Crippen LogP contribution in [-0.4, -0.2) is 17.3 Å². The van der Waals surface area contributed by atoms with Gasteiger partial charge < -0.3 is 14.9 Å². The van der Waals surface area contributed by atoms with E-state index in [0.717, 1.165) is 11.3 Å². The zero-order valence-electron chi connectivity index (χ0n) is 12.9. The van der Waals surface area contributed by atoms with Crippen molar-refractivity contribution in [2.75, 3.05) is 7.11 Å². The van der Waals surface area contributed by atoms with Crippen LogP contribution in [0.15, 0.2) is 67.3 Å². The topological polar surface area (TPSA) is 49.7 Å². The van der Waals surface area contributed by atoms with Crippen molar-refractivity contribution in [3.63, 3.8) is 0 Å². The van der Waals surface area contributed by atoms with Crippen LogP contribution in [0.4, 0.5) is 0 Å². The van der Waals surface area contributed by atoms with Gasteiger partial charge in [-0.1, -0.05) is 48.5 Å². The van der Waals surface area contributed by atoms with Crippen molar-refractivity contribution in [2.45, 2.75) is 18.6 Å². The molecule has 2 rings (SSSR count). The molecule has 0 saturated heterocycles. The highest BCUT2D eigenvalue weighted by atomic mass is 16.5. The SMILES string of the molecule is C=C[C@@H]([C@H](O)c1ccccc1)[C@](C)(O)c1ccc(OC)cc1. The lowest BCUT2D eigenvalue weighted by atomic mass is 9.77. The Hall–Kier alpha value is -2.10. The summed E-state index contributed by atoms with van der Waals surface area (Å²) in [5.41, 5.74) is 0.206. The maximum atomic E-state index is 11.0. The molecule has 2 N–H and O–H groups in total. The largest absolute Gasteiger partial charge is 0.497 e. The summed E-state index contributed by atoms with van der Waals surface area (Å²) in [5.74, 6) is 0.182. The van der Waals surface area contributed by atoms with Gasteiger partial charge in [0, 0.05) is 5.92 Å². The van der Waals surface area contributed by atoms with E-state index in [-0.39, 0.29) is 0 Å². The zero-order chi connectivity index (χ0) is 16.2. The molecule has 0 bridgehead atoms. The van der Waals surface area contributed by atoms with Crippen molar-refractivity contribution in [2.24, 2.45) is 5.92 Å². The predicted molar refractivity (Wildman–Crippen MR) is 87.7 cm³/mol. The molecule has 2 aromatic carbocycles. The molecule has 3 heteroatoms. The van der Waals surface area contributed by atoms with E-state index in [1.165, 1.54) is 0 Å². The molecular formula is C19H22O3. The number of benzene rings is 2. The molecule has 0 aliphatic carbocycles. The quantitative estimate of drug-likeness (QED) is 0.803. The van der Waals surface area contributed by atoms with E-state index in [4.69, 9.17) is 4.74 Å². The molecule has 116 valence electrons. The smallest absolute Gasteiger partial charge is 0.118 e. The predicted octanol–water partition coefficient (Wildman–Crippen LogP) is 3.44. The Balaban J connectivity index is 2.33. The van der Waals surface area contributed by atoms with Crippen molar-refractivity contribution in [1.82, 2.24) is 0 Å². The average Bonchev–Trinajstić information content (AvgIpc) is 2.56. The molecule has 0 fully saturated rings. The number of hydrogen-bond acceptors (Lipinski definition) is 3. The standard InChI is InChI=1S/C19H22O3/c1-4-17(18(20)14-8-6-5-7-9-14)19(2,21)15-10-12-16(22-3)13-11-15/h4-13,17-18,20-21H,1H2,2-3H3/t17-,18+,19+/m0/s1. The molecule has 0 radical (unpaired) electrons. The van der Waals surface area contributed by atoms with Gasteiger partial charge in [-0.25, -0.2) is 0 Å². The first-order valence-electron chi connectivity index (χ1n) is 7.23. The second-order valence-corrected chi connectivity index (χ2v) is 5.49. The lowest BCUT2D eigenvalue weighted by Gasteiger charge is -2.35. The minimum Gasteiger partial charge on any atom is -0.497 e. The van der Waals surface area contributed by atoms with Gasteiger partial charge in [-0.15, -0.1) is 6.58 Å². The molecule has 0 heterocycles. The Kier molecular flexibility index (Phi) is 5.01. The van der Waals surface area contributed by atoms with Gasteiger partial charge in [0.2, 0.25) is 0 Å². The van der Waals surface area contributed by atoms with Crippen molar-refractivity contribution < 1.29 is 14.9 Å². The number of methoxy groups -OCH3 is 1. The molecule has 22 heavy (non-hydrogen) atoms. The Morgan fingerprint density at radius 2 is 1.68 bits per heavy atom. The molecular weight excluding hydrogens is 276 g/mol. The lowest BCUT2D eigenvalue weighted by Crippen LogP contribution is -2.34. The summed E-state index contributed by atoms with van der Waals surface area (Å²) in [6, 6.07) is 16.5. The van der Waals surface area contributed by atoms with Gasteiger partial charge in [0.1, 0.15) is 5.75 Å². The summed E-state index contributed by atoms with van der Waals surface area (Å²) in [5, 5.41) is 21.6. The van der Waals surface area contributed by atoms with Crippen LogP contribution in [0, 0.1) is 5.92 Å². The average molecular weight is 298 g/mol. The lowest BCUT2D eigenvalue weighted by molar-refractivity contribution is -0.0433. The minimum atomic E-state index is -1.25. The van der Waals surface area contributed by atoms with Crippen LogP contribution in [0.5, 0.6) is 5.75 Å². The van der Waals surface area contributed by atoms with Gasteiger partial charge in [-0.05, 0) is 30.2 Å². The maximum absolute atomic E-state index is 11.0. The highest BCUT2D eigenvalue weighted by Gasteiger charge is 2.37. The Morgan fingerprint density at radius 1 is 1.09 bits per heavy atom. The van der Waals surface area contributed by atoms with Crippen LogP contribution in [0.2, 0.25) is 0 Å². The van der Waals surface area contributed by atoms with E-state index in [2.05, 4.69) is 6.58 Å². The van der Waals surface area contributed by atoms with Crippen LogP contribution >= 0.6 is 0 Å². The third kappa shape index (κ3) is 3.21. The summed E-state index contributed by atoms with van der Waals surface area (Å²) < 4.78 is 5.13. The fourth-order valence-electron chi connectivity index (χ4n) is 2.64. The molecule has 0 aliphatic heterocycles. The van der Waals surface area contributed by atoms with Crippen molar-refractivity contribution in [1.29, 1.82) is 0 Å². The van der Waals surface area contributed by atoms with Crippen LogP contribution in [0.3, 0.4) is 0 Å². The molecule has 2 aromatic rings. The summed E-state index contributed by atoms with van der Waals surface area (Å²) >= 11 is 0. The Labute approximate surface area is 131 Å². The number of hydrogen-bond donors (Lipinski definition) is 2. The molecule has 0 saturated carbocycles. The van der Waals surface area contributed by atoms with E-state index >= 15 is 0 Å². The first kappa shape index (κ1) is 16.3. The zero-order valence-corrected chi connectivity index (χ0v) is 12.9. The normalized spacial score (nSPS) is 16.4. The number of aliphatic hydroxyl groups excluding tert-OH is 1. The van der Waals surface area contributed by atoms with E-state index in [1.54, 1.807) is 44.4 Å². The third-order valence-corrected chi connectivity index (χ3v) is 4.06. The fourth-order valence-corrected chi connectivity index (χ4v) is 2.64. The van der Waals surface area contributed by atoms with Gasteiger partial charge in [0.25, 0.3) is 0 Å². The minimum absolute atomic E-state index is 0.539. The molecule has 0 aliphatic rings. The van der Waals surface area contributed by atoms with Crippen molar-refractivity contribution >= 4 is 0 Å². The van der Waals surface area contributed by atoms with Gasteiger partial charge in [-0.2, -0.15) is 0 Å². The summed E-state index contributed by atoms with van der Waals surface area (Å²) in [7, 11) is 1.60. The first-order chi connectivity index (χ1) is 10.5. The monoisotopic (exact) mass is 298 g/mol. The highest BCUT2D eigenvalue weighted by Crippen LogP contribution is 2.38. The van der Waals surface area contributed by atoms with E-state index in [1.807, 2.05) is 30.3 Å². The van der Waals surface area contributed by atoms with E-state index < -0.39 is 17.6 Å². The molecule has 0 spiro atoms. The van der Waals surface area contributed by atoms with Gasteiger partial charge in [0.05, 0.1) is 18.8 Å². The number of ether oxygens (including phenoxy) is 1. The molecule has 3 atom stereocenters. The molecule has 3 nitrogen and oxygen atoms in total. The number of aliphatic hydroxyl groups is 2. The molecule has 0 aromatic heterocycles. The highest BCUT2D eigenvalue weighted by molar-refractivity contribution is 5.33. The third-order valence-electron chi connectivity index (χ3n) is 4.06. The summed E-state index contributed by atoms with van der Waals surface area (Å²) in [6.07, 6.45) is 0.762. The van der Waals surface area contributed by atoms with Gasteiger partial charge in [0.15, 0.2) is 0 Å². The first-order valence-corrected chi connectivity index (χ1v) is 7.23. The Morgan fingerprint density at radius 3 is 2.18 bits per heavy atom. The second-order valence-electron chi connectivity index (χ2n) is 5.49. The van der Waals surface area contributed by atoms with Gasteiger partial charge in [-0.3, -0.25) is 0 Å². The van der Waals surface area contributed by atoms with Crippen LogP contribution in [-0.2, 0) is 5.60 Å². The van der Waals surface area contributed by atoms with E-state index in [9.17, 15) is 10.2 Å². The fraction of sp³-hybridized carbons (Fsp3) is 0.263. The summed E-state index contributed by atoms with van der Waals surface area (Å²) in [4.78, 5) is 0. The van der Waals surface area contributed by atoms with Crippen molar-refractivity contribution in [3.05, 3.63) is 78.4 Å². The maximum Gasteiger partial charge on any atom is 0.118 e. The van der Waals surface area contributed by atoms with Crippen molar-refractivity contribution in [3.8, 4) is 5.75 Å². The molecule has 0 unspecified atom stereocenters. The van der Waals surface area contributed by atoms with Crippen LogP contribution in [0.1, 0.15) is 24.2 Å². The number of rotatable bonds is 6. The van der Waals surface area contributed by atoms with Crippen LogP contribution in [0.25, 0.3) is 0 Å². The molecule has 0 amide bonds. The van der Waals surface area contributed by atoms with E-state index in [0.29, 0.717) is 5.56 Å². The van der Waals surface area contributed by atoms with Crippen LogP contribution < -0.4 is 4.74 Å². The Bertz CT molecular complexity index is 602. The second kappa shape index (κ2) is 6.77.